The van der Waals surface area contributed by atoms with Crippen molar-refractivity contribution in [3.8, 4) is 17.1 Å². The van der Waals surface area contributed by atoms with Crippen LogP contribution in [0, 0.1) is 3.57 Å². The summed E-state index contributed by atoms with van der Waals surface area (Å²) >= 11 is 4.27. The molecular weight excluding hydrogens is 586 g/mol. The molecule has 28 heavy (non-hydrogen) atoms. The minimum Gasteiger partial charge on any atom is -0.507 e. The van der Waals surface area contributed by atoms with Gasteiger partial charge in [0.25, 0.3) is 0 Å². The first-order valence-corrected chi connectivity index (χ1v) is 10.7. The van der Waals surface area contributed by atoms with Crippen molar-refractivity contribution in [2.24, 2.45) is 0 Å². The first-order valence-electron chi connectivity index (χ1n) is 8.51. The maximum atomic E-state index is 11.1. The molecule has 3 rings (SSSR count). The van der Waals surface area contributed by atoms with Crippen LogP contribution in [0.15, 0.2) is 42.5 Å². The summed E-state index contributed by atoms with van der Waals surface area (Å²) in [7, 11) is 0. The molecule has 0 radical (unpaired) electrons. The van der Waals surface area contributed by atoms with Gasteiger partial charge >= 0.3 is 6.09 Å². The van der Waals surface area contributed by atoms with Gasteiger partial charge in [-0.1, -0.05) is 41.6 Å². The number of carboxylic acid groups (broad SMARTS) is 1. The summed E-state index contributed by atoms with van der Waals surface area (Å²) in [5.74, 6) is 1.09. The number of nitrogens with zero attached hydrogens (tertiary/aromatic N) is 2. The molecule has 0 aliphatic heterocycles. The number of alkyl halides is 1. The van der Waals surface area contributed by atoms with Gasteiger partial charge in [0.2, 0.25) is 0 Å². The Hall–Kier alpha value is -1.89. The number of phenolic OH excluding ortho intramolecular Hbond substituents is 1. The molecule has 1 amide bonds. The summed E-state index contributed by atoms with van der Waals surface area (Å²) in [5.41, 5.74) is 1.27. The number of nitrogens with one attached hydrogen (secondary N) is 2. The highest BCUT2D eigenvalue weighted by Gasteiger charge is 2.27. The Morgan fingerprint density at radius 1 is 1.21 bits per heavy atom. The summed E-state index contributed by atoms with van der Waals surface area (Å²) in [6.07, 6.45) is -0.476. The Labute approximate surface area is 189 Å². The maximum Gasteiger partial charge on any atom is 0.405 e. The van der Waals surface area contributed by atoms with Crippen LogP contribution in [-0.2, 0) is 0 Å². The number of phenols is 1. The molecule has 1 atom stereocenters. The Kier molecular flexibility index (Phi) is 6.43. The van der Waals surface area contributed by atoms with Crippen molar-refractivity contribution in [2.75, 3.05) is 11.9 Å². The van der Waals surface area contributed by atoms with Gasteiger partial charge in [-0.25, -0.2) is 14.8 Å². The predicted molar refractivity (Wildman–Crippen MR) is 126 cm³/mol. The SMILES string of the molecule is CC[C@@](I)(CNc1nc(-c2cc(I)ccc2O)nc2ccccc12)NC(=O)O. The molecule has 4 N–H and O–H groups in total. The minimum atomic E-state index is -1.07. The summed E-state index contributed by atoms with van der Waals surface area (Å²) in [6, 6.07) is 12.8. The van der Waals surface area contributed by atoms with E-state index in [0.29, 0.717) is 30.2 Å². The zero-order valence-electron chi connectivity index (χ0n) is 14.9. The van der Waals surface area contributed by atoms with Crippen molar-refractivity contribution in [2.45, 2.75) is 16.9 Å². The average Bonchev–Trinajstić information content (AvgIpc) is 2.67. The molecular formula is C19H18I2N4O3. The van der Waals surface area contributed by atoms with E-state index in [1.807, 2.05) is 43.3 Å². The summed E-state index contributed by atoms with van der Waals surface area (Å²) in [6.45, 7) is 2.26. The number of hydrogen-bond acceptors (Lipinski definition) is 5. The summed E-state index contributed by atoms with van der Waals surface area (Å²) in [4.78, 5) is 20.3. The smallest absolute Gasteiger partial charge is 0.405 e. The van der Waals surface area contributed by atoms with Gasteiger partial charge in [0, 0.05) is 15.5 Å². The second-order valence-corrected chi connectivity index (χ2v) is 9.49. The summed E-state index contributed by atoms with van der Waals surface area (Å²) < 4.78 is 0.277. The average molecular weight is 604 g/mol. The fourth-order valence-corrected chi connectivity index (χ4v) is 3.60. The lowest BCUT2D eigenvalue weighted by molar-refractivity contribution is 0.189. The number of halogens is 2. The van der Waals surface area contributed by atoms with E-state index < -0.39 is 9.64 Å². The van der Waals surface area contributed by atoms with Crippen molar-refractivity contribution in [1.82, 2.24) is 15.3 Å². The molecule has 0 saturated heterocycles. The quantitative estimate of drug-likeness (QED) is 0.183. The van der Waals surface area contributed by atoms with E-state index in [9.17, 15) is 9.90 Å². The number of aromatic hydroxyl groups is 1. The van der Waals surface area contributed by atoms with Crippen LogP contribution in [0.5, 0.6) is 5.75 Å². The number of para-hydroxylation sites is 1. The lowest BCUT2D eigenvalue weighted by atomic mass is 10.1. The van der Waals surface area contributed by atoms with E-state index in [4.69, 9.17) is 5.11 Å². The van der Waals surface area contributed by atoms with Crippen molar-refractivity contribution in [1.29, 1.82) is 0 Å². The lowest BCUT2D eigenvalue weighted by Gasteiger charge is -2.27. The minimum absolute atomic E-state index is 0.103. The van der Waals surface area contributed by atoms with Crippen LogP contribution in [0.4, 0.5) is 10.6 Å². The first kappa shape index (κ1) is 20.8. The molecule has 0 unspecified atom stereocenters. The van der Waals surface area contributed by atoms with Crippen molar-refractivity contribution < 1.29 is 15.0 Å². The fourth-order valence-electron chi connectivity index (χ4n) is 2.69. The van der Waals surface area contributed by atoms with Gasteiger partial charge in [0.1, 0.15) is 15.1 Å². The fraction of sp³-hybridized carbons (Fsp3) is 0.211. The number of hydrogen-bond donors (Lipinski definition) is 4. The third-order valence-corrected chi connectivity index (χ3v) is 6.31. The molecule has 1 aromatic heterocycles. The third-order valence-electron chi connectivity index (χ3n) is 4.23. The number of amides is 1. The van der Waals surface area contributed by atoms with E-state index in [1.165, 1.54) is 0 Å². The molecule has 7 nitrogen and oxygen atoms in total. The number of benzene rings is 2. The second-order valence-electron chi connectivity index (χ2n) is 6.18. The number of aromatic nitrogens is 2. The zero-order valence-corrected chi connectivity index (χ0v) is 19.2. The highest BCUT2D eigenvalue weighted by molar-refractivity contribution is 14.1. The van der Waals surface area contributed by atoms with E-state index in [-0.39, 0.29) is 5.75 Å². The molecule has 0 spiro atoms. The molecule has 9 heteroatoms. The van der Waals surface area contributed by atoms with Crippen LogP contribution < -0.4 is 10.6 Å². The van der Waals surface area contributed by atoms with Crippen molar-refractivity contribution >= 4 is 68.0 Å². The van der Waals surface area contributed by atoms with Gasteiger partial charge in [-0.2, -0.15) is 0 Å². The Balaban J connectivity index is 2.04. The zero-order chi connectivity index (χ0) is 20.3. The number of rotatable bonds is 6. The molecule has 0 bridgehead atoms. The number of carbonyl (C=O) groups is 1. The van der Waals surface area contributed by atoms with Gasteiger partial charge < -0.3 is 20.8 Å². The van der Waals surface area contributed by atoms with Crippen LogP contribution in [-0.4, -0.2) is 36.4 Å². The van der Waals surface area contributed by atoms with Crippen molar-refractivity contribution in [3.05, 3.63) is 46.0 Å². The van der Waals surface area contributed by atoms with E-state index >= 15 is 0 Å². The van der Waals surface area contributed by atoms with E-state index in [0.717, 1.165) is 14.5 Å². The number of fused-ring (bicyclic) bond motifs is 1. The topological polar surface area (TPSA) is 107 Å². The molecule has 146 valence electrons. The van der Waals surface area contributed by atoms with E-state index in [1.54, 1.807) is 6.07 Å². The van der Waals surface area contributed by atoms with E-state index in [2.05, 4.69) is 65.8 Å². The normalized spacial score (nSPS) is 13.1. The molecule has 0 saturated carbocycles. The molecule has 0 aliphatic rings. The Morgan fingerprint density at radius 3 is 2.68 bits per heavy atom. The first-order chi connectivity index (χ1) is 13.3. The van der Waals surface area contributed by atoms with Gasteiger partial charge in [-0.15, -0.1) is 0 Å². The summed E-state index contributed by atoms with van der Waals surface area (Å²) in [5, 5.41) is 26.0. The van der Waals surface area contributed by atoms with Gasteiger partial charge in [0.15, 0.2) is 5.82 Å². The number of anilines is 1. The maximum absolute atomic E-state index is 11.1. The van der Waals surface area contributed by atoms with Gasteiger partial charge in [-0.05, 0) is 59.3 Å². The Morgan fingerprint density at radius 2 is 1.96 bits per heavy atom. The van der Waals surface area contributed by atoms with Crippen LogP contribution >= 0.6 is 45.2 Å². The lowest BCUT2D eigenvalue weighted by Crippen LogP contribution is -2.47. The predicted octanol–water partition coefficient (Wildman–Crippen LogP) is 4.83. The third kappa shape index (κ3) is 4.74. The van der Waals surface area contributed by atoms with Crippen LogP contribution in [0.1, 0.15) is 13.3 Å². The highest BCUT2D eigenvalue weighted by atomic mass is 127. The van der Waals surface area contributed by atoms with Crippen LogP contribution in [0.25, 0.3) is 22.3 Å². The Bertz CT molecular complexity index is 1030. The molecule has 0 aliphatic carbocycles. The molecule has 3 aromatic rings. The van der Waals surface area contributed by atoms with Gasteiger partial charge in [-0.3, -0.25) is 0 Å². The van der Waals surface area contributed by atoms with Crippen LogP contribution in [0.3, 0.4) is 0 Å². The largest absolute Gasteiger partial charge is 0.507 e. The van der Waals surface area contributed by atoms with Gasteiger partial charge in [0.05, 0.1) is 11.1 Å². The van der Waals surface area contributed by atoms with Crippen LogP contribution in [0.2, 0.25) is 0 Å². The molecule has 0 fully saturated rings. The monoisotopic (exact) mass is 604 g/mol. The molecule has 1 heterocycles. The second kappa shape index (κ2) is 8.64. The standard InChI is InChI=1S/C19H18I2N4O3/c1-2-19(21,25-18(27)28)10-22-16-12-5-3-4-6-14(12)23-17(24-16)13-9-11(20)7-8-15(13)26/h3-9,25-26H,2,10H2,1H3,(H,27,28)(H,22,23,24)/t19-/m0/s1. The molecule has 2 aromatic carbocycles. The van der Waals surface area contributed by atoms with Crippen molar-refractivity contribution in [3.63, 3.8) is 0 Å². The highest BCUT2D eigenvalue weighted by Crippen LogP contribution is 2.32.